The number of amidine groups is 1. The van der Waals surface area contributed by atoms with E-state index in [2.05, 4.69) is 35.1 Å². The van der Waals surface area contributed by atoms with Crippen LogP contribution in [0.3, 0.4) is 0 Å². The maximum absolute atomic E-state index is 14.2. The van der Waals surface area contributed by atoms with Gasteiger partial charge in [0.2, 0.25) is 12.2 Å². The highest BCUT2D eigenvalue weighted by molar-refractivity contribution is 14.2. The molecule has 4 heterocycles. The molecule has 10 heteroatoms. The fourth-order valence-electron chi connectivity index (χ4n) is 2.94. The number of nitrogens with zero attached hydrogens (tertiary/aromatic N) is 6. The minimum atomic E-state index is -0.510. The topological polar surface area (TPSA) is 94.4 Å². The van der Waals surface area contributed by atoms with Crippen LogP contribution in [0.5, 0.6) is 0 Å². The first kappa shape index (κ1) is 18.0. The molecule has 0 saturated heterocycles. The Morgan fingerprint density at radius 3 is 3.04 bits per heavy atom. The van der Waals surface area contributed by atoms with Gasteiger partial charge >= 0.3 is 0 Å². The second-order valence-electron chi connectivity index (χ2n) is 5.94. The van der Waals surface area contributed by atoms with Gasteiger partial charge in [0.25, 0.3) is 5.65 Å². The van der Waals surface area contributed by atoms with Crippen LogP contribution < -0.4 is 4.52 Å². The molecule has 0 atom stereocenters. The van der Waals surface area contributed by atoms with Crippen molar-refractivity contribution in [1.29, 1.82) is 0 Å². The van der Waals surface area contributed by atoms with Gasteiger partial charge in [0.05, 0.1) is 16.2 Å². The first-order valence-electron chi connectivity index (χ1n) is 8.50. The number of hydrogen-bond donors (Lipinski definition) is 2. The molecule has 0 aromatic carbocycles. The average Bonchev–Trinajstić information content (AvgIpc) is 3.31. The van der Waals surface area contributed by atoms with Crippen LogP contribution in [-0.2, 0) is 19.6 Å². The summed E-state index contributed by atoms with van der Waals surface area (Å²) in [6.45, 7) is 2.45. The van der Waals surface area contributed by atoms with Gasteiger partial charge in [0.1, 0.15) is 18.0 Å². The molecule has 0 aliphatic carbocycles. The lowest BCUT2D eigenvalue weighted by Crippen LogP contribution is -2.29. The number of aryl methyl sites for hydroxylation is 1. The van der Waals surface area contributed by atoms with E-state index in [0.29, 0.717) is 18.2 Å². The van der Waals surface area contributed by atoms with Crippen LogP contribution in [0.4, 0.5) is 4.39 Å². The maximum Gasteiger partial charge on any atom is 0.293 e. The molecular weight excluding hydrogens is 464 g/mol. The predicted octanol–water partition coefficient (Wildman–Crippen LogP) is 1.43. The number of pyridine rings is 1. The summed E-state index contributed by atoms with van der Waals surface area (Å²) in [5.41, 5.74) is 2.93. The molecular formula is C17H18FIN7O+. The van der Waals surface area contributed by atoms with Crippen molar-refractivity contribution in [2.75, 3.05) is 0 Å². The summed E-state index contributed by atoms with van der Waals surface area (Å²) in [4.78, 5) is 17.6. The van der Waals surface area contributed by atoms with Gasteiger partial charge in [0.15, 0.2) is 11.7 Å². The van der Waals surface area contributed by atoms with Crippen molar-refractivity contribution in [3.8, 4) is 0 Å². The third-order valence-corrected chi connectivity index (χ3v) is 6.14. The van der Waals surface area contributed by atoms with E-state index >= 15 is 0 Å². The lowest BCUT2D eigenvalue weighted by molar-refractivity contribution is -0.582. The first-order chi connectivity index (χ1) is 13.2. The average molecular weight is 482 g/mol. The lowest BCUT2D eigenvalue weighted by Gasteiger charge is -2.17. The summed E-state index contributed by atoms with van der Waals surface area (Å²) in [5, 5.41) is 12.4. The van der Waals surface area contributed by atoms with Crippen molar-refractivity contribution < 1.29 is 14.0 Å². The smallest absolute Gasteiger partial charge is 0.293 e. The summed E-state index contributed by atoms with van der Waals surface area (Å²) < 4.78 is 19.8. The molecule has 0 saturated carbocycles. The van der Waals surface area contributed by atoms with E-state index in [1.807, 2.05) is 4.14 Å². The van der Waals surface area contributed by atoms with Crippen LogP contribution in [0.25, 0.3) is 5.65 Å². The molecule has 3 aromatic heterocycles. The van der Waals surface area contributed by atoms with Crippen LogP contribution in [0.1, 0.15) is 36.1 Å². The molecule has 0 fully saturated rings. The number of hydrogen-bond acceptors (Lipinski definition) is 6. The Labute approximate surface area is 164 Å². The quantitative estimate of drug-likeness (QED) is 0.315. The van der Waals surface area contributed by atoms with E-state index in [-0.39, 0.29) is 18.1 Å². The summed E-state index contributed by atoms with van der Waals surface area (Å²) in [7, 11) is 0. The number of aliphatic imine (C=N–C) groups is 1. The third kappa shape index (κ3) is 3.46. The van der Waals surface area contributed by atoms with Crippen LogP contribution >= 0.6 is 21.0 Å². The Kier molecular flexibility index (Phi) is 5.16. The molecule has 0 bridgehead atoms. The summed E-state index contributed by atoms with van der Waals surface area (Å²) in [6.07, 6.45) is 4.97. The Morgan fingerprint density at radius 2 is 2.26 bits per heavy atom. The summed E-state index contributed by atoms with van der Waals surface area (Å²) in [6, 6.07) is 2.96. The maximum atomic E-state index is 14.2. The van der Waals surface area contributed by atoms with Gasteiger partial charge in [-0.3, -0.25) is 3.11 Å². The molecule has 27 heavy (non-hydrogen) atoms. The minimum absolute atomic E-state index is 0.162. The molecule has 8 nitrogen and oxygen atoms in total. The van der Waals surface area contributed by atoms with Gasteiger partial charge in [0, 0.05) is 27.2 Å². The molecule has 3 aromatic rings. The van der Waals surface area contributed by atoms with Gasteiger partial charge in [-0.2, -0.15) is 0 Å². The third-order valence-electron chi connectivity index (χ3n) is 4.14. The number of H-pyrrole nitrogens is 1. The zero-order valence-electron chi connectivity index (χ0n) is 14.6. The number of fused-ring (bicyclic) bond motifs is 1. The fourth-order valence-corrected chi connectivity index (χ4v) is 4.77. The zero-order chi connectivity index (χ0) is 18.8. The lowest BCUT2D eigenvalue weighted by atomic mass is 10.1. The monoisotopic (exact) mass is 482 g/mol. The van der Waals surface area contributed by atoms with Crippen molar-refractivity contribution >= 4 is 36.6 Å². The van der Waals surface area contributed by atoms with Crippen molar-refractivity contribution in [3.05, 3.63) is 53.2 Å². The van der Waals surface area contributed by atoms with E-state index in [0.717, 1.165) is 29.7 Å². The second-order valence-corrected chi connectivity index (χ2v) is 8.22. The van der Waals surface area contributed by atoms with Crippen LogP contribution in [0, 0.1) is 5.82 Å². The SMILES string of the molecule is CCCc1c(CN2I=CN=C2c2ncccc2F)nc[n+]2[nH]c(CO)nc12. The number of aromatic nitrogens is 5. The Balaban J connectivity index is 1.70. The molecule has 0 amide bonds. The Morgan fingerprint density at radius 1 is 1.37 bits per heavy atom. The Bertz CT molecular complexity index is 1050. The van der Waals surface area contributed by atoms with Crippen molar-refractivity contribution in [1.82, 2.24) is 23.2 Å². The molecule has 0 spiro atoms. The van der Waals surface area contributed by atoms with E-state index in [9.17, 15) is 9.50 Å². The van der Waals surface area contributed by atoms with Crippen molar-refractivity contribution in [2.45, 2.75) is 32.9 Å². The highest BCUT2D eigenvalue weighted by Gasteiger charge is 2.26. The summed E-state index contributed by atoms with van der Waals surface area (Å²) in [5.74, 6) is 0.662. The number of nitrogens with one attached hydrogen (secondary N) is 1. The molecule has 4 rings (SSSR count). The summed E-state index contributed by atoms with van der Waals surface area (Å²) >= 11 is -0.510. The number of halogens is 2. The highest BCUT2D eigenvalue weighted by Crippen LogP contribution is 2.24. The van der Waals surface area contributed by atoms with E-state index < -0.39 is 21.0 Å². The van der Waals surface area contributed by atoms with Gasteiger partial charge in [-0.15, -0.1) is 9.50 Å². The van der Waals surface area contributed by atoms with E-state index in [1.165, 1.54) is 6.07 Å². The molecule has 1 aliphatic rings. The number of aliphatic hydroxyl groups is 1. The fraction of sp³-hybridized carbons (Fsp3) is 0.294. The van der Waals surface area contributed by atoms with Gasteiger partial charge < -0.3 is 5.11 Å². The predicted molar refractivity (Wildman–Crippen MR) is 106 cm³/mol. The number of rotatable bonds is 6. The van der Waals surface area contributed by atoms with Crippen LogP contribution in [0.15, 0.2) is 29.6 Å². The minimum Gasteiger partial charge on any atom is -0.387 e. The van der Waals surface area contributed by atoms with Crippen molar-refractivity contribution in [3.63, 3.8) is 0 Å². The number of aromatic amines is 1. The second kappa shape index (κ2) is 7.72. The first-order valence-corrected chi connectivity index (χ1v) is 10.7. The van der Waals surface area contributed by atoms with Crippen molar-refractivity contribution in [2.24, 2.45) is 4.99 Å². The molecule has 0 unspecified atom stereocenters. The Hall–Kier alpha value is -2.34. The molecule has 140 valence electrons. The van der Waals surface area contributed by atoms with Crippen LogP contribution in [0.2, 0.25) is 0 Å². The zero-order valence-corrected chi connectivity index (χ0v) is 16.8. The van der Waals surface area contributed by atoms with E-state index in [4.69, 9.17) is 0 Å². The number of aliphatic hydroxyl groups excluding tert-OH is 1. The largest absolute Gasteiger partial charge is 0.387 e. The molecule has 1 aliphatic heterocycles. The van der Waals surface area contributed by atoms with Gasteiger partial charge in [-0.25, -0.2) is 19.5 Å². The molecule has 2 N–H and O–H groups in total. The standard InChI is InChI=1S/C17H17FIN7O/c1-2-4-11-13(22-10-26-16(11)23-14(8-27)24-26)7-25-17(21-9-19-25)15-12(18)5-3-6-20-15/h3,5-6,9-10,27H,2,4,7-8H2,1H3/p+1. The van der Waals surface area contributed by atoms with E-state index in [1.54, 1.807) is 23.1 Å². The van der Waals surface area contributed by atoms with Gasteiger partial charge in [-0.05, 0) is 18.6 Å². The highest BCUT2D eigenvalue weighted by atomic mass is 127. The molecule has 0 radical (unpaired) electrons. The van der Waals surface area contributed by atoms with Gasteiger partial charge in [-0.1, -0.05) is 18.3 Å². The van der Waals surface area contributed by atoms with Crippen LogP contribution in [-0.4, -0.2) is 38.2 Å². The normalized spacial score (nSPS) is 13.9.